The van der Waals surface area contributed by atoms with Gasteiger partial charge in [0.05, 0.1) is 0 Å². The second-order valence-electron chi connectivity index (χ2n) is 1.71. The Kier molecular flexibility index (Phi) is 9.11. The van der Waals surface area contributed by atoms with E-state index in [0.717, 1.165) is 10.7 Å². The van der Waals surface area contributed by atoms with Crippen molar-refractivity contribution in [2.24, 2.45) is 0 Å². The fraction of sp³-hybridized carbons (Fsp3) is 1.00. The summed E-state index contributed by atoms with van der Waals surface area (Å²) in [4.78, 5) is 0. The van der Waals surface area contributed by atoms with Gasteiger partial charge in [-0.2, -0.15) is 0 Å². The molecule has 74 valence electrons. The summed E-state index contributed by atoms with van der Waals surface area (Å²) in [6, 6.07) is 0. The van der Waals surface area contributed by atoms with Crippen LogP contribution in [0.15, 0.2) is 0 Å². The molecule has 0 saturated heterocycles. The van der Waals surface area contributed by atoms with Crippen molar-refractivity contribution >= 4 is 117 Å². The highest BCUT2D eigenvalue weighted by Crippen LogP contribution is 2.55. The van der Waals surface area contributed by atoms with E-state index in [2.05, 4.69) is 95.6 Å². The molecule has 0 aliphatic heterocycles. The van der Waals surface area contributed by atoms with E-state index in [1.54, 1.807) is 21.6 Å². The maximum Gasteiger partial charge on any atom is 0.145 e. The molecule has 0 spiro atoms. The van der Waals surface area contributed by atoms with Crippen LogP contribution in [0.5, 0.6) is 0 Å². The van der Waals surface area contributed by atoms with Crippen molar-refractivity contribution in [1.29, 1.82) is 0 Å². The van der Waals surface area contributed by atoms with Gasteiger partial charge in [0.1, 0.15) is 5.13 Å². The molecule has 0 radical (unpaired) electrons. The molecule has 0 aromatic carbocycles. The zero-order chi connectivity index (χ0) is 9.83. The predicted octanol–water partition coefficient (Wildman–Crippen LogP) is 6.04. The molecule has 0 amide bonds. The van der Waals surface area contributed by atoms with E-state index < -0.39 is 0 Å². The molecule has 0 aromatic heterocycles. The van der Waals surface area contributed by atoms with E-state index >= 15 is 0 Å². The SMILES string of the molecule is BrCC(Br)(Br)SSC(Br)(Br)CBr. The molecule has 0 atom stereocenters. The quantitative estimate of drug-likeness (QED) is 0.281. The zero-order valence-electron chi connectivity index (χ0n) is 5.50. The van der Waals surface area contributed by atoms with Crippen LogP contribution in [-0.4, -0.2) is 15.8 Å². The molecule has 0 aliphatic carbocycles. The molecular formula is C4H4Br6S2. The second-order valence-corrected chi connectivity index (χ2v) is 15.2. The normalized spacial score (nSPS) is 13.5. The Morgan fingerprint density at radius 2 is 1.00 bits per heavy atom. The van der Waals surface area contributed by atoms with Gasteiger partial charge in [0.25, 0.3) is 0 Å². The average molecular weight is 596 g/mol. The maximum absolute atomic E-state index is 3.52. The third-order valence-corrected chi connectivity index (χ3v) is 14.5. The first-order chi connectivity index (χ1) is 5.33. The Morgan fingerprint density at radius 1 is 0.750 bits per heavy atom. The molecule has 0 nitrogen and oxygen atoms in total. The van der Waals surface area contributed by atoms with Gasteiger partial charge in [-0.05, 0) is 0 Å². The van der Waals surface area contributed by atoms with Gasteiger partial charge in [-0.15, -0.1) is 0 Å². The van der Waals surface area contributed by atoms with E-state index in [0.29, 0.717) is 0 Å². The number of rotatable bonds is 5. The highest BCUT2D eigenvalue weighted by atomic mass is 79.9. The van der Waals surface area contributed by atoms with Gasteiger partial charge in [-0.3, -0.25) is 0 Å². The van der Waals surface area contributed by atoms with Crippen molar-refractivity contribution < 1.29 is 0 Å². The van der Waals surface area contributed by atoms with Crippen LogP contribution in [0.25, 0.3) is 0 Å². The molecule has 0 bridgehead atoms. The lowest BCUT2D eigenvalue weighted by Gasteiger charge is -2.21. The van der Waals surface area contributed by atoms with Crippen molar-refractivity contribution in [2.75, 3.05) is 10.7 Å². The van der Waals surface area contributed by atoms with Crippen LogP contribution in [0.4, 0.5) is 0 Å². The third kappa shape index (κ3) is 7.82. The standard InChI is InChI=1S/C4H4Br6S2/c5-1-3(7,8)11-12-4(9,10)2-6/h1-2H2. The largest absolute Gasteiger partial charge is 0.145 e. The van der Waals surface area contributed by atoms with Crippen molar-refractivity contribution in [2.45, 2.75) is 5.13 Å². The van der Waals surface area contributed by atoms with E-state index in [9.17, 15) is 0 Å². The molecule has 8 heteroatoms. The van der Waals surface area contributed by atoms with Gasteiger partial charge in [-0.25, -0.2) is 0 Å². The fourth-order valence-electron chi connectivity index (χ4n) is 0.166. The van der Waals surface area contributed by atoms with Crippen LogP contribution < -0.4 is 0 Å². The molecule has 0 aromatic rings. The van der Waals surface area contributed by atoms with E-state index in [-0.39, 0.29) is 5.13 Å². The minimum absolute atomic E-state index is 0.111. The Balaban J connectivity index is 3.82. The first-order valence-corrected chi connectivity index (χ1v) is 10.1. The molecule has 0 fully saturated rings. The number of hydrogen-bond donors (Lipinski definition) is 0. The van der Waals surface area contributed by atoms with Crippen molar-refractivity contribution in [3.8, 4) is 0 Å². The summed E-state index contributed by atoms with van der Waals surface area (Å²) in [6.45, 7) is 0. The lowest BCUT2D eigenvalue weighted by atomic mass is 11.0. The Morgan fingerprint density at radius 3 is 1.17 bits per heavy atom. The van der Waals surface area contributed by atoms with Gasteiger partial charge in [-0.1, -0.05) is 117 Å². The molecule has 12 heavy (non-hydrogen) atoms. The van der Waals surface area contributed by atoms with E-state index in [1.807, 2.05) is 0 Å². The first kappa shape index (κ1) is 15.6. The predicted molar refractivity (Wildman–Crippen MR) is 83.9 cm³/mol. The first-order valence-electron chi connectivity index (χ1n) is 2.57. The number of alkyl halides is 6. The summed E-state index contributed by atoms with van der Waals surface area (Å²) < 4.78 is -0.223. The average Bonchev–Trinajstić information content (AvgIpc) is 2.02. The minimum atomic E-state index is -0.111. The molecule has 0 unspecified atom stereocenters. The smallest absolute Gasteiger partial charge is 0.0894 e. The maximum atomic E-state index is 3.52. The zero-order valence-corrected chi connectivity index (χ0v) is 16.6. The van der Waals surface area contributed by atoms with Crippen molar-refractivity contribution in [3.63, 3.8) is 0 Å². The summed E-state index contributed by atoms with van der Waals surface area (Å²) in [7, 11) is 3.38. The molecule has 0 aliphatic rings. The topological polar surface area (TPSA) is 0 Å². The van der Waals surface area contributed by atoms with Crippen molar-refractivity contribution in [1.82, 2.24) is 0 Å². The second kappa shape index (κ2) is 7.01. The molecule has 0 rings (SSSR count). The molecular weight excluding hydrogens is 592 g/mol. The highest BCUT2D eigenvalue weighted by Gasteiger charge is 2.29. The summed E-state index contributed by atoms with van der Waals surface area (Å²) >= 11 is 20.9. The Hall–Kier alpha value is 3.58. The van der Waals surface area contributed by atoms with E-state index in [4.69, 9.17) is 0 Å². The van der Waals surface area contributed by atoms with Gasteiger partial charge in [0.15, 0.2) is 0 Å². The van der Waals surface area contributed by atoms with Crippen LogP contribution in [0.2, 0.25) is 0 Å². The van der Waals surface area contributed by atoms with Gasteiger partial charge < -0.3 is 0 Å². The van der Waals surface area contributed by atoms with Crippen LogP contribution in [0, 0.1) is 0 Å². The number of halogens is 6. The molecule has 0 heterocycles. The van der Waals surface area contributed by atoms with Crippen LogP contribution >= 0.6 is 117 Å². The van der Waals surface area contributed by atoms with Gasteiger partial charge in [0, 0.05) is 10.7 Å². The van der Waals surface area contributed by atoms with Gasteiger partial charge in [0.2, 0.25) is 0 Å². The van der Waals surface area contributed by atoms with Crippen LogP contribution in [0.3, 0.4) is 0 Å². The van der Waals surface area contributed by atoms with Crippen LogP contribution in [-0.2, 0) is 0 Å². The van der Waals surface area contributed by atoms with Crippen LogP contribution in [0.1, 0.15) is 0 Å². The lowest BCUT2D eigenvalue weighted by molar-refractivity contribution is 1.43. The number of hydrogen-bond acceptors (Lipinski definition) is 2. The molecule has 0 N–H and O–H groups in total. The minimum Gasteiger partial charge on any atom is -0.0894 e. The summed E-state index contributed by atoms with van der Waals surface area (Å²) in [5, 5.41) is 1.66. The van der Waals surface area contributed by atoms with Gasteiger partial charge >= 0.3 is 0 Å². The summed E-state index contributed by atoms with van der Waals surface area (Å²) in [5.74, 6) is 0. The Bertz CT molecular complexity index is 122. The molecule has 0 saturated carbocycles. The summed E-state index contributed by atoms with van der Waals surface area (Å²) in [5.41, 5.74) is 0. The Labute approximate surface area is 131 Å². The monoisotopic (exact) mass is 589 g/mol. The highest BCUT2D eigenvalue weighted by molar-refractivity contribution is 9.33. The third-order valence-electron chi connectivity index (χ3n) is 0.597. The summed E-state index contributed by atoms with van der Waals surface area (Å²) in [6.07, 6.45) is 0. The van der Waals surface area contributed by atoms with E-state index in [1.165, 1.54) is 0 Å². The van der Waals surface area contributed by atoms with Crippen molar-refractivity contribution in [3.05, 3.63) is 0 Å². The fourth-order valence-corrected chi connectivity index (χ4v) is 5.56. The lowest BCUT2D eigenvalue weighted by Crippen LogP contribution is -2.10.